The van der Waals surface area contributed by atoms with E-state index in [1.165, 1.54) is 0 Å². The summed E-state index contributed by atoms with van der Waals surface area (Å²) in [5, 5.41) is 3.11. The first-order chi connectivity index (χ1) is 6.81. The molecule has 0 saturated heterocycles. The van der Waals surface area contributed by atoms with Gasteiger partial charge in [-0.3, -0.25) is 0 Å². The van der Waals surface area contributed by atoms with Gasteiger partial charge in [-0.05, 0) is 19.5 Å². The summed E-state index contributed by atoms with van der Waals surface area (Å²) in [7, 11) is 3.61. The Labute approximate surface area is 86.9 Å². The second-order valence-electron chi connectivity index (χ2n) is 3.34. The van der Waals surface area contributed by atoms with Crippen molar-refractivity contribution >= 4 is 0 Å². The van der Waals surface area contributed by atoms with Crippen molar-refractivity contribution in [2.24, 2.45) is 5.92 Å². The minimum Gasteiger partial charge on any atom is -0.382 e. The van der Waals surface area contributed by atoms with Crippen molar-refractivity contribution in [3.63, 3.8) is 0 Å². The summed E-state index contributed by atoms with van der Waals surface area (Å²) in [5.74, 6) is 0.555. The van der Waals surface area contributed by atoms with Crippen LogP contribution in [0.3, 0.4) is 0 Å². The lowest BCUT2D eigenvalue weighted by molar-refractivity contribution is 0.0172. The highest BCUT2D eigenvalue weighted by Gasteiger charge is 1.99. The van der Waals surface area contributed by atoms with Gasteiger partial charge in [0.2, 0.25) is 0 Å². The lowest BCUT2D eigenvalue weighted by atomic mass is 10.2. The van der Waals surface area contributed by atoms with E-state index in [9.17, 15) is 0 Å². The largest absolute Gasteiger partial charge is 0.382 e. The molecule has 0 heterocycles. The third-order valence-electron chi connectivity index (χ3n) is 1.76. The van der Waals surface area contributed by atoms with Crippen LogP contribution < -0.4 is 5.32 Å². The fourth-order valence-corrected chi connectivity index (χ4v) is 1.05. The average Bonchev–Trinajstić information content (AvgIpc) is 2.17. The van der Waals surface area contributed by atoms with Crippen LogP contribution in [0.5, 0.6) is 0 Å². The zero-order chi connectivity index (χ0) is 10.6. The summed E-state index contributed by atoms with van der Waals surface area (Å²) < 4.78 is 15.5. The van der Waals surface area contributed by atoms with Gasteiger partial charge in [-0.2, -0.15) is 0 Å². The Balaban J connectivity index is 2.98. The molecule has 0 fully saturated rings. The third kappa shape index (κ3) is 9.92. The average molecular weight is 205 g/mol. The van der Waals surface area contributed by atoms with Crippen LogP contribution >= 0.6 is 0 Å². The second kappa shape index (κ2) is 10.9. The monoisotopic (exact) mass is 205 g/mol. The van der Waals surface area contributed by atoms with Crippen molar-refractivity contribution < 1.29 is 14.2 Å². The van der Waals surface area contributed by atoms with Gasteiger partial charge in [-0.1, -0.05) is 6.92 Å². The molecule has 4 nitrogen and oxygen atoms in total. The van der Waals surface area contributed by atoms with E-state index in [1.54, 1.807) is 7.11 Å². The van der Waals surface area contributed by atoms with Crippen molar-refractivity contribution in [3.8, 4) is 0 Å². The predicted octanol–water partition coefficient (Wildman–Crippen LogP) is 0.522. The lowest BCUT2D eigenvalue weighted by Crippen LogP contribution is -2.21. The van der Waals surface area contributed by atoms with E-state index in [0.29, 0.717) is 32.3 Å². The van der Waals surface area contributed by atoms with Crippen molar-refractivity contribution in [1.82, 2.24) is 5.32 Å². The number of methoxy groups -OCH3 is 1. The van der Waals surface area contributed by atoms with Crippen LogP contribution in [0.2, 0.25) is 0 Å². The molecule has 0 bridgehead atoms. The van der Waals surface area contributed by atoms with Gasteiger partial charge in [0.05, 0.1) is 33.0 Å². The van der Waals surface area contributed by atoms with Gasteiger partial charge in [-0.15, -0.1) is 0 Å². The Bertz CT molecular complexity index is 112. The smallest absolute Gasteiger partial charge is 0.0701 e. The molecule has 0 aromatic rings. The van der Waals surface area contributed by atoms with Gasteiger partial charge < -0.3 is 19.5 Å². The fraction of sp³-hybridized carbons (Fsp3) is 1.00. The molecule has 14 heavy (non-hydrogen) atoms. The zero-order valence-electron chi connectivity index (χ0n) is 9.54. The molecule has 0 aliphatic carbocycles. The molecule has 0 rings (SSSR count). The van der Waals surface area contributed by atoms with Crippen LogP contribution in [0, 0.1) is 5.92 Å². The molecule has 4 heteroatoms. The molecular weight excluding hydrogens is 182 g/mol. The maximum atomic E-state index is 5.42. The van der Waals surface area contributed by atoms with Gasteiger partial charge in [0.15, 0.2) is 0 Å². The summed E-state index contributed by atoms with van der Waals surface area (Å²) in [4.78, 5) is 0. The van der Waals surface area contributed by atoms with Crippen molar-refractivity contribution in [1.29, 1.82) is 0 Å². The van der Waals surface area contributed by atoms with Crippen LogP contribution in [0.25, 0.3) is 0 Å². The molecule has 0 aliphatic heterocycles. The van der Waals surface area contributed by atoms with Crippen LogP contribution in [0.15, 0.2) is 0 Å². The molecule has 0 spiro atoms. The summed E-state index contributed by atoms with van der Waals surface area (Å²) in [5.41, 5.74) is 0. The van der Waals surface area contributed by atoms with E-state index in [4.69, 9.17) is 14.2 Å². The van der Waals surface area contributed by atoms with E-state index >= 15 is 0 Å². The predicted molar refractivity (Wildman–Crippen MR) is 56.6 cm³/mol. The summed E-state index contributed by atoms with van der Waals surface area (Å²) >= 11 is 0. The Morgan fingerprint density at radius 2 is 1.71 bits per heavy atom. The minimum atomic E-state index is 0.555. The van der Waals surface area contributed by atoms with E-state index < -0.39 is 0 Å². The highest BCUT2D eigenvalue weighted by Crippen LogP contribution is 1.92. The van der Waals surface area contributed by atoms with Crippen LogP contribution in [0.4, 0.5) is 0 Å². The molecule has 1 atom stereocenters. The number of hydrogen-bond donors (Lipinski definition) is 1. The van der Waals surface area contributed by atoms with Crippen molar-refractivity contribution in [2.45, 2.75) is 6.92 Å². The fourth-order valence-electron chi connectivity index (χ4n) is 1.05. The van der Waals surface area contributed by atoms with Crippen molar-refractivity contribution in [2.75, 3.05) is 53.7 Å². The van der Waals surface area contributed by atoms with Crippen LogP contribution in [-0.4, -0.2) is 53.7 Å². The maximum Gasteiger partial charge on any atom is 0.0701 e. The lowest BCUT2D eigenvalue weighted by Gasteiger charge is -2.11. The number of ether oxygens (including phenoxy) is 3. The number of nitrogens with one attached hydrogen (secondary N) is 1. The van der Waals surface area contributed by atoms with Crippen LogP contribution in [0.1, 0.15) is 6.92 Å². The van der Waals surface area contributed by atoms with Gasteiger partial charge in [0, 0.05) is 7.11 Å². The third-order valence-corrected chi connectivity index (χ3v) is 1.76. The molecule has 86 valence electrons. The Kier molecular flexibility index (Phi) is 10.8. The minimum absolute atomic E-state index is 0.555. The highest BCUT2D eigenvalue weighted by atomic mass is 16.5. The first-order valence-corrected chi connectivity index (χ1v) is 5.10. The SMILES string of the molecule is CNCC(C)COCCOCCOC. The Hall–Kier alpha value is -0.160. The molecule has 0 saturated carbocycles. The number of rotatable bonds is 10. The molecular formula is C10H23NO3. The van der Waals surface area contributed by atoms with E-state index in [0.717, 1.165) is 13.2 Å². The quantitative estimate of drug-likeness (QED) is 0.528. The van der Waals surface area contributed by atoms with Crippen molar-refractivity contribution in [3.05, 3.63) is 0 Å². The molecule has 1 N–H and O–H groups in total. The maximum absolute atomic E-state index is 5.42. The normalized spacial score (nSPS) is 13.1. The molecule has 0 radical (unpaired) electrons. The van der Waals surface area contributed by atoms with E-state index in [2.05, 4.69) is 12.2 Å². The first-order valence-electron chi connectivity index (χ1n) is 5.10. The summed E-state index contributed by atoms with van der Waals surface area (Å²) in [6.07, 6.45) is 0. The highest BCUT2D eigenvalue weighted by molar-refractivity contribution is 4.52. The molecule has 0 aromatic heterocycles. The standard InChI is InChI=1S/C10H23NO3/c1-10(8-11-2)9-14-7-6-13-5-4-12-3/h10-11H,4-9H2,1-3H3. The van der Waals surface area contributed by atoms with Crippen LogP contribution in [-0.2, 0) is 14.2 Å². The molecule has 1 unspecified atom stereocenters. The summed E-state index contributed by atoms with van der Waals surface area (Å²) in [6, 6.07) is 0. The topological polar surface area (TPSA) is 39.7 Å². The summed E-state index contributed by atoms with van der Waals surface area (Å²) in [6.45, 7) is 6.54. The molecule has 0 aliphatic rings. The van der Waals surface area contributed by atoms with Gasteiger partial charge >= 0.3 is 0 Å². The Morgan fingerprint density at radius 3 is 2.36 bits per heavy atom. The zero-order valence-corrected chi connectivity index (χ0v) is 9.54. The second-order valence-corrected chi connectivity index (χ2v) is 3.34. The van der Waals surface area contributed by atoms with Gasteiger partial charge in [0.1, 0.15) is 0 Å². The molecule has 0 aromatic carbocycles. The first kappa shape index (κ1) is 13.8. The van der Waals surface area contributed by atoms with E-state index in [1.807, 2.05) is 7.05 Å². The Morgan fingerprint density at radius 1 is 1.07 bits per heavy atom. The number of hydrogen-bond acceptors (Lipinski definition) is 4. The van der Waals surface area contributed by atoms with Gasteiger partial charge in [-0.25, -0.2) is 0 Å². The van der Waals surface area contributed by atoms with E-state index in [-0.39, 0.29) is 0 Å². The van der Waals surface area contributed by atoms with Gasteiger partial charge in [0.25, 0.3) is 0 Å². The molecule has 0 amide bonds.